The molecule has 0 unspecified atom stereocenters. The van der Waals surface area contributed by atoms with Crippen LogP contribution in [0.2, 0.25) is 0 Å². The van der Waals surface area contributed by atoms with Crippen LogP contribution in [0.5, 0.6) is 0 Å². The summed E-state index contributed by atoms with van der Waals surface area (Å²) in [6, 6.07) is 16.9. The summed E-state index contributed by atoms with van der Waals surface area (Å²) in [7, 11) is 0. The lowest BCUT2D eigenvalue weighted by Gasteiger charge is -2.05. The quantitative estimate of drug-likeness (QED) is 0.263. The van der Waals surface area contributed by atoms with Crippen molar-refractivity contribution >= 4 is 0 Å². The minimum absolute atomic E-state index is 0.500. The smallest absolute Gasteiger partial charge is 0.0398 e. The molecule has 0 aliphatic rings. The molecule has 0 atom stereocenters. The normalized spacial score (nSPS) is 9.61. The molecular formula is C46H92. The maximum Gasteiger partial charge on any atom is -0.0398 e. The van der Waals surface area contributed by atoms with E-state index < -0.39 is 0 Å². The average molecular weight is 645 g/mol. The van der Waals surface area contributed by atoms with Gasteiger partial charge in [0.2, 0.25) is 0 Å². The zero-order chi connectivity index (χ0) is 37.7. The van der Waals surface area contributed by atoms with E-state index in [1.807, 2.05) is 13.8 Å². The lowest BCUT2D eigenvalue weighted by atomic mass is 10.0. The molecule has 0 spiro atoms. The SMILES string of the molecule is CC.CC(C)(C)C.CC(C)C.CCC(C)C.CCCC(C)C.CCCCCC(C)C.Cc1ccc(C)cc1.Cc1cccc(C)c1. The first-order chi connectivity index (χ1) is 21.1. The Hall–Kier alpha value is -1.56. The van der Waals surface area contributed by atoms with E-state index in [1.165, 1.54) is 67.2 Å². The lowest BCUT2D eigenvalue weighted by molar-refractivity contribution is 0.469. The molecule has 0 aliphatic carbocycles. The maximum absolute atomic E-state index is 2.29. The molecule has 0 fully saturated rings. The molecule has 0 aliphatic heterocycles. The fourth-order valence-corrected chi connectivity index (χ4v) is 2.82. The van der Waals surface area contributed by atoms with E-state index in [2.05, 4.69) is 187 Å². The molecule has 0 saturated carbocycles. The Morgan fingerprint density at radius 3 is 0.935 bits per heavy atom. The fourth-order valence-electron chi connectivity index (χ4n) is 2.82. The number of rotatable bonds is 7. The van der Waals surface area contributed by atoms with E-state index in [-0.39, 0.29) is 0 Å². The van der Waals surface area contributed by atoms with Crippen molar-refractivity contribution in [1.29, 1.82) is 0 Å². The molecule has 0 nitrogen and oxygen atoms in total. The number of hydrogen-bond acceptors (Lipinski definition) is 0. The van der Waals surface area contributed by atoms with Crippen LogP contribution in [-0.4, -0.2) is 0 Å². The van der Waals surface area contributed by atoms with E-state index in [0.717, 1.165) is 23.7 Å². The molecule has 0 saturated heterocycles. The summed E-state index contributed by atoms with van der Waals surface area (Å²) in [5, 5.41) is 0. The van der Waals surface area contributed by atoms with Gasteiger partial charge in [-0.15, -0.1) is 0 Å². The van der Waals surface area contributed by atoms with Crippen LogP contribution >= 0.6 is 0 Å². The van der Waals surface area contributed by atoms with Crippen molar-refractivity contribution in [3.63, 3.8) is 0 Å². The van der Waals surface area contributed by atoms with Gasteiger partial charge in [-0.2, -0.15) is 0 Å². The van der Waals surface area contributed by atoms with E-state index in [0.29, 0.717) is 5.41 Å². The average Bonchev–Trinajstić information content (AvgIpc) is 2.91. The summed E-state index contributed by atoms with van der Waals surface area (Å²) in [6.07, 6.45) is 9.62. The predicted molar refractivity (Wildman–Crippen MR) is 223 cm³/mol. The van der Waals surface area contributed by atoms with Crippen molar-refractivity contribution in [3.8, 4) is 0 Å². The molecule has 2 rings (SSSR count). The van der Waals surface area contributed by atoms with Gasteiger partial charge in [0.1, 0.15) is 0 Å². The van der Waals surface area contributed by atoms with Gasteiger partial charge in [0.05, 0.1) is 0 Å². The van der Waals surface area contributed by atoms with Crippen molar-refractivity contribution in [2.24, 2.45) is 29.1 Å². The van der Waals surface area contributed by atoms with Crippen LogP contribution in [0.1, 0.15) is 192 Å². The van der Waals surface area contributed by atoms with Crippen molar-refractivity contribution in [1.82, 2.24) is 0 Å². The molecule has 0 aromatic heterocycles. The monoisotopic (exact) mass is 645 g/mol. The van der Waals surface area contributed by atoms with E-state index in [1.54, 1.807) is 0 Å². The Labute approximate surface area is 296 Å². The second kappa shape index (κ2) is 41.5. The Morgan fingerprint density at radius 2 is 0.783 bits per heavy atom. The molecule has 0 heterocycles. The molecular weight excluding hydrogens is 553 g/mol. The van der Waals surface area contributed by atoms with Gasteiger partial charge in [-0.1, -0.05) is 240 Å². The summed E-state index contributed by atoms with van der Waals surface area (Å²) < 4.78 is 0. The van der Waals surface area contributed by atoms with Crippen molar-refractivity contribution < 1.29 is 0 Å². The fraction of sp³-hybridized carbons (Fsp3) is 0.739. The van der Waals surface area contributed by atoms with Gasteiger partial charge in [-0.3, -0.25) is 0 Å². The maximum atomic E-state index is 2.29. The van der Waals surface area contributed by atoms with Gasteiger partial charge in [0, 0.05) is 0 Å². The molecule has 2 aromatic carbocycles. The molecule has 0 amide bonds. The van der Waals surface area contributed by atoms with Crippen molar-refractivity contribution in [3.05, 3.63) is 70.8 Å². The molecule has 0 heteroatoms. The summed E-state index contributed by atoms with van der Waals surface area (Å²) >= 11 is 0. The topological polar surface area (TPSA) is 0 Å². The lowest BCUT2D eigenvalue weighted by Crippen LogP contribution is -1.93. The van der Waals surface area contributed by atoms with Gasteiger partial charge in [0.15, 0.2) is 0 Å². The Kier molecular flexibility index (Phi) is 51.2. The minimum Gasteiger partial charge on any atom is -0.0683 e. The molecule has 2 aromatic rings. The number of hydrogen-bond donors (Lipinski definition) is 0. The summed E-state index contributed by atoms with van der Waals surface area (Å²) in [5.41, 5.74) is 5.83. The van der Waals surface area contributed by atoms with Crippen molar-refractivity contribution in [2.45, 2.75) is 197 Å². The molecule has 276 valence electrons. The third-order valence-corrected chi connectivity index (χ3v) is 5.46. The van der Waals surface area contributed by atoms with Crippen LogP contribution in [0, 0.1) is 56.8 Å². The van der Waals surface area contributed by atoms with Gasteiger partial charge in [-0.05, 0) is 56.8 Å². The van der Waals surface area contributed by atoms with Crippen molar-refractivity contribution in [2.75, 3.05) is 0 Å². The van der Waals surface area contributed by atoms with Crippen LogP contribution in [0.15, 0.2) is 48.5 Å². The summed E-state index contributed by atoms with van der Waals surface area (Å²) in [5.74, 6) is 3.52. The number of benzene rings is 2. The minimum atomic E-state index is 0.500. The second-order valence-corrected chi connectivity index (χ2v) is 15.9. The predicted octanol–water partition coefficient (Wildman–Crippen LogP) is 17.1. The largest absolute Gasteiger partial charge is 0.0683 e. The van der Waals surface area contributed by atoms with E-state index in [4.69, 9.17) is 0 Å². The van der Waals surface area contributed by atoms with E-state index in [9.17, 15) is 0 Å². The van der Waals surface area contributed by atoms with Gasteiger partial charge >= 0.3 is 0 Å². The summed E-state index contributed by atoms with van der Waals surface area (Å²) in [6.45, 7) is 47.8. The van der Waals surface area contributed by atoms with Crippen LogP contribution in [0.4, 0.5) is 0 Å². The van der Waals surface area contributed by atoms with Gasteiger partial charge < -0.3 is 0 Å². The first kappa shape index (κ1) is 56.8. The molecule has 0 N–H and O–H groups in total. The highest BCUT2D eigenvalue weighted by Gasteiger charge is 1.95. The Morgan fingerprint density at radius 1 is 0.478 bits per heavy atom. The summed E-state index contributed by atoms with van der Waals surface area (Å²) in [4.78, 5) is 0. The highest BCUT2D eigenvalue weighted by molar-refractivity contribution is 5.20. The molecule has 0 bridgehead atoms. The van der Waals surface area contributed by atoms with Gasteiger partial charge in [0.25, 0.3) is 0 Å². The van der Waals surface area contributed by atoms with Crippen LogP contribution in [0.25, 0.3) is 0 Å². The third-order valence-electron chi connectivity index (χ3n) is 5.46. The highest BCUT2D eigenvalue weighted by Crippen LogP contribution is 2.08. The van der Waals surface area contributed by atoms with Crippen LogP contribution < -0.4 is 0 Å². The van der Waals surface area contributed by atoms with Crippen LogP contribution in [0.3, 0.4) is 0 Å². The highest BCUT2D eigenvalue weighted by atomic mass is 14.0. The number of aryl methyl sites for hydroxylation is 4. The molecule has 0 radical (unpaired) electrons. The third kappa shape index (κ3) is 90.1. The first-order valence-electron chi connectivity index (χ1n) is 19.2. The van der Waals surface area contributed by atoms with Gasteiger partial charge in [-0.25, -0.2) is 0 Å². The Balaban J connectivity index is -0.000000102. The zero-order valence-corrected chi connectivity index (χ0v) is 36.4. The zero-order valence-electron chi connectivity index (χ0n) is 36.4. The van der Waals surface area contributed by atoms with E-state index >= 15 is 0 Å². The Bertz CT molecular complexity index is 721. The van der Waals surface area contributed by atoms with Crippen LogP contribution in [-0.2, 0) is 0 Å². The number of unbranched alkanes of at least 4 members (excludes halogenated alkanes) is 2. The molecule has 46 heavy (non-hydrogen) atoms. The first-order valence-corrected chi connectivity index (χ1v) is 19.2. The standard InChI is InChI=1S/2C8H10.C8H18.C6H14.2C5H12.C4H10.C2H6/c1-7-3-5-8(2)6-4-7;1-7-4-3-5-8(2)6-7;1-4-5-6-7-8(2)3;1-4-5-6(2)3;1-5(2,3)4;1-4-5(2)3;1-4(2)3;1-2/h2*3-6H,1-2H3;8H,4-7H2,1-3H3;6H,4-5H2,1-3H3;1-4H3;5H,4H2,1-3H3;4H,1-3H3;1-2H3. The second-order valence-electron chi connectivity index (χ2n) is 15.9.